The minimum atomic E-state index is -3.08. The molecule has 1 fully saturated rings. The number of benzene rings is 1. The standard InChI is InChI=1S/C14H15BrN2O3S/c1-2-6-17(11-5-7-21(19,20)9-11)14(18)10-3-4-13(16)12(15)8-10/h1,3-4,8,11H,5-7,9,16H2. The van der Waals surface area contributed by atoms with E-state index in [0.717, 1.165) is 0 Å². The summed E-state index contributed by atoms with van der Waals surface area (Å²) in [6.07, 6.45) is 5.73. The number of hydrogen-bond acceptors (Lipinski definition) is 4. The molecule has 2 rings (SSSR count). The van der Waals surface area contributed by atoms with Gasteiger partial charge in [-0.1, -0.05) is 5.92 Å². The highest BCUT2D eigenvalue weighted by Gasteiger charge is 2.34. The van der Waals surface area contributed by atoms with Gasteiger partial charge in [0.15, 0.2) is 9.84 Å². The minimum Gasteiger partial charge on any atom is -0.398 e. The molecule has 1 amide bonds. The predicted molar refractivity (Wildman–Crippen MR) is 85.5 cm³/mol. The highest BCUT2D eigenvalue weighted by atomic mass is 79.9. The molecule has 0 bridgehead atoms. The summed E-state index contributed by atoms with van der Waals surface area (Å²) in [5.74, 6) is 2.20. The summed E-state index contributed by atoms with van der Waals surface area (Å²) in [5, 5.41) is 0. The first kappa shape index (κ1) is 15.9. The maximum atomic E-state index is 12.6. The first-order chi connectivity index (χ1) is 9.84. The highest BCUT2D eigenvalue weighted by Crippen LogP contribution is 2.24. The van der Waals surface area contributed by atoms with Crippen molar-refractivity contribution < 1.29 is 13.2 Å². The molecule has 0 radical (unpaired) electrons. The van der Waals surface area contributed by atoms with Crippen LogP contribution in [0.25, 0.3) is 0 Å². The molecule has 0 spiro atoms. The molecule has 0 aromatic heterocycles. The van der Waals surface area contributed by atoms with Gasteiger partial charge in [-0.2, -0.15) is 0 Å². The van der Waals surface area contributed by atoms with E-state index in [-0.39, 0.29) is 30.0 Å². The second-order valence-corrected chi connectivity index (χ2v) is 8.01. The normalized spacial score (nSPS) is 19.9. The third-order valence-corrected chi connectivity index (χ3v) is 5.86. The Morgan fingerprint density at radius 3 is 2.76 bits per heavy atom. The Morgan fingerprint density at radius 2 is 2.24 bits per heavy atom. The van der Waals surface area contributed by atoms with Crippen LogP contribution in [0.3, 0.4) is 0 Å². The number of carbonyl (C=O) groups is 1. The lowest BCUT2D eigenvalue weighted by molar-refractivity contribution is 0.0724. The third-order valence-electron chi connectivity index (χ3n) is 3.42. The number of amides is 1. The maximum Gasteiger partial charge on any atom is 0.254 e. The third kappa shape index (κ3) is 3.57. The number of nitrogen functional groups attached to an aromatic ring is 1. The highest BCUT2D eigenvalue weighted by molar-refractivity contribution is 9.10. The zero-order valence-electron chi connectivity index (χ0n) is 11.3. The number of terminal acetylenes is 1. The first-order valence-corrected chi connectivity index (χ1v) is 8.95. The molecule has 1 unspecified atom stereocenters. The summed E-state index contributed by atoms with van der Waals surface area (Å²) in [6, 6.07) is 4.48. The molecule has 1 aliphatic heterocycles. The SMILES string of the molecule is C#CCN(C(=O)c1ccc(N)c(Br)c1)C1CCS(=O)(=O)C1. The summed E-state index contributed by atoms with van der Waals surface area (Å²) in [7, 11) is -3.08. The van der Waals surface area contributed by atoms with Crippen LogP contribution in [0, 0.1) is 12.3 Å². The van der Waals surface area contributed by atoms with Crippen molar-refractivity contribution in [3.8, 4) is 12.3 Å². The molecule has 2 N–H and O–H groups in total. The Morgan fingerprint density at radius 1 is 1.52 bits per heavy atom. The van der Waals surface area contributed by atoms with Crippen molar-refractivity contribution in [1.82, 2.24) is 4.90 Å². The second-order valence-electron chi connectivity index (χ2n) is 4.93. The molecular formula is C14H15BrN2O3S. The van der Waals surface area contributed by atoms with Crippen LogP contribution in [0.4, 0.5) is 5.69 Å². The van der Waals surface area contributed by atoms with Crippen LogP contribution in [-0.2, 0) is 9.84 Å². The molecule has 112 valence electrons. The molecule has 1 aromatic carbocycles. The van der Waals surface area contributed by atoms with Crippen LogP contribution in [0.5, 0.6) is 0 Å². The molecule has 1 aromatic rings. The number of sulfone groups is 1. The number of hydrogen-bond donors (Lipinski definition) is 1. The molecule has 7 heteroatoms. The number of rotatable bonds is 3. The maximum absolute atomic E-state index is 12.6. The molecule has 0 saturated carbocycles. The van der Waals surface area contributed by atoms with E-state index in [1.165, 1.54) is 4.90 Å². The lowest BCUT2D eigenvalue weighted by Crippen LogP contribution is -2.41. The van der Waals surface area contributed by atoms with Crippen LogP contribution in [0.2, 0.25) is 0 Å². The Bertz CT molecular complexity index is 709. The van der Waals surface area contributed by atoms with E-state index in [9.17, 15) is 13.2 Å². The molecule has 1 heterocycles. The van der Waals surface area contributed by atoms with Gasteiger partial charge in [-0.25, -0.2) is 8.42 Å². The fourth-order valence-electron chi connectivity index (χ4n) is 2.31. The van der Waals surface area contributed by atoms with Crippen LogP contribution >= 0.6 is 15.9 Å². The molecule has 1 aliphatic rings. The quantitative estimate of drug-likeness (QED) is 0.642. The smallest absolute Gasteiger partial charge is 0.254 e. The van der Waals surface area contributed by atoms with E-state index >= 15 is 0 Å². The lowest BCUT2D eigenvalue weighted by atomic mass is 10.1. The zero-order chi connectivity index (χ0) is 15.6. The Balaban J connectivity index is 2.28. The van der Waals surface area contributed by atoms with Gasteiger partial charge in [-0.3, -0.25) is 4.79 Å². The van der Waals surface area contributed by atoms with Crippen LogP contribution in [-0.4, -0.2) is 43.3 Å². The van der Waals surface area contributed by atoms with Gasteiger partial charge in [0, 0.05) is 21.8 Å². The largest absolute Gasteiger partial charge is 0.398 e. The predicted octanol–water partition coefficient (Wildman–Crippen LogP) is 1.29. The monoisotopic (exact) mass is 370 g/mol. The van der Waals surface area contributed by atoms with Gasteiger partial charge in [0.1, 0.15) is 0 Å². The molecule has 1 atom stereocenters. The Labute approximate surface area is 132 Å². The van der Waals surface area contributed by atoms with E-state index < -0.39 is 9.84 Å². The van der Waals surface area contributed by atoms with Crippen LogP contribution < -0.4 is 5.73 Å². The van der Waals surface area contributed by atoms with Crippen molar-refractivity contribution in [2.24, 2.45) is 0 Å². The molecule has 1 saturated heterocycles. The number of anilines is 1. The average molecular weight is 371 g/mol. The van der Waals surface area contributed by atoms with Gasteiger partial charge in [0.05, 0.1) is 18.1 Å². The summed E-state index contributed by atoms with van der Waals surface area (Å²) in [6.45, 7) is 0.0843. The Kier molecular flexibility index (Phi) is 4.59. The fourth-order valence-corrected chi connectivity index (χ4v) is 4.42. The van der Waals surface area contributed by atoms with Crippen molar-refractivity contribution in [3.05, 3.63) is 28.2 Å². The van der Waals surface area contributed by atoms with Crippen molar-refractivity contribution in [2.45, 2.75) is 12.5 Å². The van der Waals surface area contributed by atoms with Crippen LogP contribution in [0.15, 0.2) is 22.7 Å². The van der Waals surface area contributed by atoms with Crippen molar-refractivity contribution in [1.29, 1.82) is 0 Å². The van der Waals surface area contributed by atoms with Gasteiger partial charge >= 0.3 is 0 Å². The summed E-state index contributed by atoms with van der Waals surface area (Å²) in [5.41, 5.74) is 6.65. The summed E-state index contributed by atoms with van der Waals surface area (Å²) in [4.78, 5) is 14.0. The second kappa shape index (κ2) is 6.08. The van der Waals surface area contributed by atoms with E-state index in [4.69, 9.17) is 12.2 Å². The van der Waals surface area contributed by atoms with Gasteiger partial charge in [-0.05, 0) is 40.5 Å². The molecular weight excluding hydrogens is 356 g/mol. The van der Waals surface area contributed by atoms with Gasteiger partial charge < -0.3 is 10.6 Å². The Hall–Kier alpha value is -1.52. The summed E-state index contributed by atoms with van der Waals surface area (Å²) < 4.78 is 23.8. The molecule has 21 heavy (non-hydrogen) atoms. The van der Waals surface area contributed by atoms with Gasteiger partial charge in [0.2, 0.25) is 0 Å². The number of nitrogens with two attached hydrogens (primary N) is 1. The van der Waals surface area contributed by atoms with Crippen molar-refractivity contribution >= 4 is 37.4 Å². The molecule has 0 aliphatic carbocycles. The first-order valence-electron chi connectivity index (χ1n) is 6.34. The van der Waals surface area contributed by atoms with Crippen LogP contribution in [0.1, 0.15) is 16.8 Å². The average Bonchev–Trinajstić information content (AvgIpc) is 2.78. The van der Waals surface area contributed by atoms with E-state index in [2.05, 4.69) is 21.9 Å². The fraction of sp³-hybridized carbons (Fsp3) is 0.357. The van der Waals surface area contributed by atoms with E-state index in [0.29, 0.717) is 22.1 Å². The number of carbonyl (C=O) groups excluding carboxylic acids is 1. The van der Waals surface area contributed by atoms with Gasteiger partial charge in [-0.15, -0.1) is 6.42 Å². The molecule has 5 nitrogen and oxygen atoms in total. The van der Waals surface area contributed by atoms with E-state index in [1.807, 2.05) is 0 Å². The minimum absolute atomic E-state index is 0.0312. The van der Waals surface area contributed by atoms with Gasteiger partial charge in [0.25, 0.3) is 5.91 Å². The van der Waals surface area contributed by atoms with E-state index in [1.54, 1.807) is 18.2 Å². The zero-order valence-corrected chi connectivity index (χ0v) is 13.7. The van der Waals surface area contributed by atoms with Crippen molar-refractivity contribution in [3.63, 3.8) is 0 Å². The number of nitrogens with zero attached hydrogens (tertiary/aromatic N) is 1. The number of halogens is 1. The van der Waals surface area contributed by atoms with Crippen molar-refractivity contribution in [2.75, 3.05) is 23.8 Å². The summed E-state index contributed by atoms with van der Waals surface area (Å²) >= 11 is 3.27. The topological polar surface area (TPSA) is 80.5 Å². The lowest BCUT2D eigenvalue weighted by Gasteiger charge is -2.26.